The Morgan fingerprint density at radius 3 is 2.50 bits per heavy atom. The maximum atomic E-state index is 14.5. The van der Waals surface area contributed by atoms with E-state index in [4.69, 9.17) is 0 Å². The number of carbonyl (C=O) groups excluding carboxylic acids is 1. The number of hydrogen-bond donors (Lipinski definition) is 3. The van der Waals surface area contributed by atoms with Gasteiger partial charge in [-0.05, 0) is 66.9 Å². The zero-order chi connectivity index (χ0) is 30.3. The largest absolute Gasteiger partial charge is 0.506 e. The van der Waals surface area contributed by atoms with Gasteiger partial charge < -0.3 is 20.2 Å². The van der Waals surface area contributed by atoms with Gasteiger partial charge in [0.1, 0.15) is 5.75 Å². The first kappa shape index (κ1) is 30.4. The second kappa shape index (κ2) is 11.6. The lowest BCUT2D eigenvalue weighted by Gasteiger charge is -2.42. The minimum Gasteiger partial charge on any atom is -0.506 e. The molecule has 1 fully saturated rings. The fourth-order valence-electron chi connectivity index (χ4n) is 6.02. The van der Waals surface area contributed by atoms with Crippen molar-refractivity contribution in [3.05, 3.63) is 47.5 Å². The molecular weight excluding hydrogens is 585 g/mol. The maximum absolute atomic E-state index is 14.5. The number of anilines is 4. The van der Waals surface area contributed by atoms with Crippen molar-refractivity contribution in [1.82, 2.24) is 14.3 Å². The van der Waals surface area contributed by atoms with E-state index in [0.717, 1.165) is 36.0 Å². The second-order valence-corrected chi connectivity index (χ2v) is 14.0. The van der Waals surface area contributed by atoms with Crippen molar-refractivity contribution in [2.24, 2.45) is 5.41 Å². The number of aromatic nitrogens is 2. The molecule has 3 heterocycles. The molecule has 0 bridgehead atoms. The number of para-hydroxylation sites is 2. The monoisotopic (exact) mass is 620 g/mol. The van der Waals surface area contributed by atoms with Crippen LogP contribution in [0, 0.1) is 5.41 Å². The summed E-state index contributed by atoms with van der Waals surface area (Å²) in [5, 5.41) is 17.5. The molecule has 1 spiro atoms. The minimum atomic E-state index is -4.59. The number of thioether (sulfide) groups is 1. The number of benzene rings is 2. The first-order valence-electron chi connectivity index (χ1n) is 13.9. The van der Waals surface area contributed by atoms with Crippen molar-refractivity contribution in [1.29, 1.82) is 0 Å². The van der Waals surface area contributed by atoms with Crippen LogP contribution in [0.5, 0.6) is 5.75 Å². The van der Waals surface area contributed by atoms with E-state index in [1.165, 1.54) is 11.8 Å². The summed E-state index contributed by atoms with van der Waals surface area (Å²) in [6.45, 7) is 10.8. The molecule has 3 N–H and O–H groups in total. The van der Waals surface area contributed by atoms with E-state index in [1.54, 1.807) is 29.2 Å². The number of phenols is 1. The van der Waals surface area contributed by atoms with Gasteiger partial charge in [0.25, 0.3) is 0 Å². The molecule has 13 heteroatoms. The predicted octanol–water partition coefficient (Wildman–Crippen LogP) is 7.55. The van der Waals surface area contributed by atoms with Gasteiger partial charge in [-0.1, -0.05) is 51.6 Å². The summed E-state index contributed by atoms with van der Waals surface area (Å²) in [7, 11) is 0. The summed E-state index contributed by atoms with van der Waals surface area (Å²) in [5.74, 6) is 0.576. The van der Waals surface area contributed by atoms with Crippen LogP contribution in [0.4, 0.5) is 40.2 Å². The Balaban J connectivity index is 1.49. The van der Waals surface area contributed by atoms with Crippen LogP contribution in [0.2, 0.25) is 0 Å². The summed E-state index contributed by atoms with van der Waals surface area (Å²) >= 11 is 2.52. The molecule has 1 saturated heterocycles. The van der Waals surface area contributed by atoms with Crippen LogP contribution in [0.25, 0.3) is 0 Å². The molecule has 42 heavy (non-hydrogen) atoms. The van der Waals surface area contributed by atoms with Crippen LogP contribution in [-0.2, 0) is 11.6 Å². The van der Waals surface area contributed by atoms with Gasteiger partial charge in [-0.2, -0.15) is 22.5 Å². The Morgan fingerprint density at radius 1 is 1.12 bits per heavy atom. The average Bonchev–Trinajstić information content (AvgIpc) is 3.47. The number of phenolic OH excluding ortho intramolecular Hbond substituents is 1. The Labute approximate surface area is 251 Å². The van der Waals surface area contributed by atoms with Gasteiger partial charge in [-0.25, -0.2) is 4.79 Å². The molecule has 0 radical (unpaired) electrons. The van der Waals surface area contributed by atoms with Crippen LogP contribution in [0.3, 0.4) is 0 Å². The number of carbonyl (C=O) groups is 1. The van der Waals surface area contributed by atoms with Gasteiger partial charge >= 0.3 is 12.2 Å². The van der Waals surface area contributed by atoms with E-state index in [9.17, 15) is 23.1 Å². The van der Waals surface area contributed by atoms with Gasteiger partial charge in [0.2, 0.25) is 10.3 Å². The molecule has 0 unspecified atom stereocenters. The van der Waals surface area contributed by atoms with Gasteiger partial charge in [0.05, 0.1) is 22.6 Å². The Bertz CT molecular complexity index is 1450. The molecule has 2 aliphatic rings. The zero-order valence-electron chi connectivity index (χ0n) is 24.0. The molecule has 0 atom stereocenters. The molecule has 3 aromatic rings. The minimum absolute atomic E-state index is 0.0653. The Morgan fingerprint density at radius 2 is 1.83 bits per heavy atom. The number of nitrogens with zero attached hydrogens (tertiary/aromatic N) is 4. The number of halogens is 3. The third-order valence-corrected chi connectivity index (χ3v) is 9.05. The second-order valence-electron chi connectivity index (χ2n) is 12.0. The normalized spacial score (nSPS) is 17.0. The van der Waals surface area contributed by atoms with Crippen molar-refractivity contribution in [2.45, 2.75) is 57.3 Å². The molecule has 226 valence electrons. The highest BCUT2D eigenvalue weighted by atomic mass is 32.2. The number of urea groups is 1. The van der Waals surface area contributed by atoms with Crippen molar-refractivity contribution >= 4 is 51.5 Å². The Hall–Kier alpha value is -3.03. The molecule has 2 aliphatic heterocycles. The fourth-order valence-corrected chi connectivity index (χ4v) is 7.29. The van der Waals surface area contributed by atoms with E-state index in [1.807, 2.05) is 6.92 Å². The number of nitrogens with one attached hydrogen (secondary N) is 2. The lowest BCUT2D eigenvalue weighted by atomic mass is 9.72. The summed E-state index contributed by atoms with van der Waals surface area (Å²) in [6.07, 6.45) is -3.55. The van der Waals surface area contributed by atoms with Gasteiger partial charge in [-0.3, -0.25) is 5.32 Å². The van der Waals surface area contributed by atoms with E-state index in [2.05, 4.69) is 45.7 Å². The van der Waals surface area contributed by atoms with Crippen molar-refractivity contribution in [3.63, 3.8) is 0 Å². The third-order valence-electron chi connectivity index (χ3n) is 7.58. The number of likely N-dealkylation sites (tertiary alicyclic amines) is 1. The molecule has 8 nitrogen and oxygen atoms in total. The summed E-state index contributed by atoms with van der Waals surface area (Å²) in [4.78, 5) is 21.3. The van der Waals surface area contributed by atoms with Crippen LogP contribution in [0.1, 0.15) is 51.7 Å². The number of aromatic hydroxyl groups is 1. The smallest absolute Gasteiger partial charge is 0.416 e. The molecule has 1 aromatic heterocycles. The number of rotatable bonds is 6. The van der Waals surface area contributed by atoms with Crippen molar-refractivity contribution < 1.29 is 23.1 Å². The van der Waals surface area contributed by atoms with E-state index < -0.39 is 23.2 Å². The van der Waals surface area contributed by atoms with Crippen molar-refractivity contribution in [3.8, 4) is 5.75 Å². The predicted molar refractivity (Wildman–Crippen MR) is 162 cm³/mol. The van der Waals surface area contributed by atoms with Gasteiger partial charge in [0, 0.05) is 30.0 Å². The van der Waals surface area contributed by atoms with E-state index >= 15 is 0 Å². The average molecular weight is 621 g/mol. The molecule has 0 aliphatic carbocycles. The topological polar surface area (TPSA) is 93.6 Å². The van der Waals surface area contributed by atoms with E-state index in [0.29, 0.717) is 47.6 Å². The standard InChI is InChI=1S/C29H35F3N6O2S2/c1-5-41-26-35-25(42-36-26)34-24(40)33-19-8-6-7-9-20(19)38-17-28(12-14-37(15-13-28)16-27(2,3)4)22-18(29(30,31)32)10-11-21(39)23(22)38/h6-11,39H,5,12-17H2,1-4H3,(H2,33,34,35,36,40). The number of piperidine rings is 1. The van der Waals surface area contributed by atoms with Gasteiger partial charge in [-0.15, -0.1) is 0 Å². The Kier molecular flexibility index (Phi) is 8.38. The number of hydrogen-bond acceptors (Lipinski definition) is 8. The highest BCUT2D eigenvalue weighted by molar-refractivity contribution is 7.99. The first-order valence-corrected chi connectivity index (χ1v) is 15.6. The quantitative estimate of drug-likeness (QED) is 0.245. The third kappa shape index (κ3) is 6.32. The lowest BCUT2D eigenvalue weighted by Crippen LogP contribution is -2.47. The molecular formula is C29H35F3N6O2S2. The number of amides is 2. The zero-order valence-corrected chi connectivity index (χ0v) is 25.6. The van der Waals surface area contributed by atoms with Crippen LogP contribution in [-0.4, -0.2) is 57.3 Å². The summed E-state index contributed by atoms with van der Waals surface area (Å²) in [5.41, 5.74) is -0.293. The fraction of sp³-hybridized carbons (Fsp3) is 0.483. The first-order chi connectivity index (χ1) is 19.8. The maximum Gasteiger partial charge on any atom is 0.416 e. The number of alkyl halides is 3. The van der Waals surface area contributed by atoms with Crippen LogP contribution in [0.15, 0.2) is 41.6 Å². The molecule has 2 aromatic carbocycles. The number of fused-ring (bicyclic) bond motifs is 2. The van der Waals surface area contributed by atoms with Crippen LogP contribution < -0.4 is 15.5 Å². The van der Waals surface area contributed by atoms with Gasteiger partial charge in [0.15, 0.2) is 0 Å². The highest BCUT2D eigenvalue weighted by Gasteiger charge is 2.52. The summed E-state index contributed by atoms with van der Waals surface area (Å²) in [6, 6.07) is 8.49. The SMILES string of the molecule is CCSc1nsc(NC(=O)Nc2ccccc2N2CC3(CCN(CC(C)(C)C)CC3)c3c(C(F)(F)F)ccc(O)c32)n1. The highest BCUT2D eigenvalue weighted by Crippen LogP contribution is 2.57. The van der Waals surface area contributed by atoms with Crippen LogP contribution >= 0.6 is 23.3 Å². The summed E-state index contributed by atoms with van der Waals surface area (Å²) < 4.78 is 47.6. The molecule has 5 rings (SSSR count). The lowest BCUT2D eigenvalue weighted by molar-refractivity contribution is -0.138. The molecule has 2 amide bonds. The van der Waals surface area contributed by atoms with Crippen molar-refractivity contribution in [2.75, 3.05) is 47.5 Å². The molecule has 0 saturated carbocycles. The van der Waals surface area contributed by atoms with E-state index in [-0.39, 0.29) is 29.0 Å².